The average Bonchev–Trinajstić information content (AvgIpc) is 3.20. The molecule has 2 aromatic rings. The largest absolute Gasteiger partial charge is 0.468 e. The van der Waals surface area contributed by atoms with E-state index in [0.717, 1.165) is 5.00 Å². The molecule has 118 valence electrons. The number of likely N-dealkylation sites (tertiary alicyclic amines) is 1. The summed E-state index contributed by atoms with van der Waals surface area (Å²) < 4.78 is 29.8. The van der Waals surface area contributed by atoms with Gasteiger partial charge in [0, 0.05) is 13.1 Å². The SMILES string of the molecule is O=C(Nc1cccs1)N1CC[C@H](S(=O)(=O)Cc2ccco2)C1. The lowest BCUT2D eigenvalue weighted by Gasteiger charge is -2.16. The molecular formula is C14H16N2O4S2. The van der Waals surface area contributed by atoms with Crippen LogP contribution in [-0.2, 0) is 15.6 Å². The van der Waals surface area contributed by atoms with Crippen LogP contribution in [0.1, 0.15) is 12.2 Å². The summed E-state index contributed by atoms with van der Waals surface area (Å²) in [5, 5.41) is 4.87. The van der Waals surface area contributed by atoms with Crippen molar-refractivity contribution < 1.29 is 17.6 Å². The third kappa shape index (κ3) is 3.33. The van der Waals surface area contributed by atoms with Crippen LogP contribution in [-0.4, -0.2) is 37.7 Å². The first kappa shape index (κ1) is 15.1. The molecule has 3 rings (SSSR count). The summed E-state index contributed by atoms with van der Waals surface area (Å²) in [6.45, 7) is 0.666. The fourth-order valence-electron chi connectivity index (χ4n) is 2.45. The van der Waals surface area contributed by atoms with Crippen LogP contribution in [0.2, 0.25) is 0 Å². The number of furan rings is 1. The van der Waals surface area contributed by atoms with Gasteiger partial charge in [-0.15, -0.1) is 11.3 Å². The van der Waals surface area contributed by atoms with Crippen molar-refractivity contribution in [3.05, 3.63) is 41.7 Å². The van der Waals surface area contributed by atoms with Gasteiger partial charge in [0.15, 0.2) is 9.84 Å². The highest BCUT2D eigenvalue weighted by Gasteiger charge is 2.35. The van der Waals surface area contributed by atoms with Gasteiger partial charge in [-0.2, -0.15) is 0 Å². The molecule has 3 heterocycles. The van der Waals surface area contributed by atoms with E-state index in [1.54, 1.807) is 17.0 Å². The summed E-state index contributed by atoms with van der Waals surface area (Å²) in [4.78, 5) is 13.7. The van der Waals surface area contributed by atoms with E-state index in [2.05, 4.69) is 5.32 Å². The molecule has 0 spiro atoms. The summed E-state index contributed by atoms with van der Waals surface area (Å²) in [5.41, 5.74) is 0. The van der Waals surface area contributed by atoms with E-state index in [4.69, 9.17) is 4.42 Å². The molecule has 0 radical (unpaired) electrons. The summed E-state index contributed by atoms with van der Waals surface area (Å²) >= 11 is 1.43. The average molecular weight is 340 g/mol. The first-order valence-electron chi connectivity index (χ1n) is 6.88. The third-order valence-corrected chi connectivity index (χ3v) is 6.49. The van der Waals surface area contributed by atoms with Crippen molar-refractivity contribution in [1.82, 2.24) is 4.90 Å². The number of rotatable bonds is 4. The van der Waals surface area contributed by atoms with E-state index in [1.807, 2.05) is 17.5 Å². The molecule has 0 saturated carbocycles. The Hall–Kier alpha value is -1.80. The standard InChI is InChI=1S/C14H16N2O4S2/c17-14(15-13-4-2-8-21-13)16-6-5-12(9-16)22(18,19)10-11-3-1-7-20-11/h1-4,7-8,12H,5-6,9-10H2,(H,15,17)/t12-/m0/s1. The number of amides is 2. The predicted octanol–water partition coefficient (Wildman–Crippen LogP) is 2.56. The molecule has 1 aliphatic rings. The van der Waals surface area contributed by atoms with Gasteiger partial charge in [0.2, 0.25) is 0 Å². The maximum absolute atomic E-state index is 12.4. The first-order valence-corrected chi connectivity index (χ1v) is 9.47. The lowest BCUT2D eigenvalue weighted by Crippen LogP contribution is -2.35. The van der Waals surface area contributed by atoms with Crippen molar-refractivity contribution in [2.24, 2.45) is 0 Å². The van der Waals surface area contributed by atoms with Gasteiger partial charge in [0.1, 0.15) is 11.5 Å². The third-order valence-electron chi connectivity index (χ3n) is 3.61. The minimum Gasteiger partial charge on any atom is -0.468 e. The van der Waals surface area contributed by atoms with Gasteiger partial charge in [-0.25, -0.2) is 13.2 Å². The van der Waals surface area contributed by atoms with Crippen LogP contribution in [0.4, 0.5) is 9.80 Å². The maximum Gasteiger partial charge on any atom is 0.322 e. The molecule has 0 bridgehead atoms. The van der Waals surface area contributed by atoms with Crippen LogP contribution in [0.25, 0.3) is 0 Å². The number of carbonyl (C=O) groups is 1. The second-order valence-electron chi connectivity index (χ2n) is 5.15. The number of hydrogen-bond acceptors (Lipinski definition) is 5. The van der Waals surface area contributed by atoms with E-state index >= 15 is 0 Å². The number of urea groups is 1. The number of nitrogens with zero attached hydrogens (tertiary/aromatic N) is 1. The van der Waals surface area contributed by atoms with E-state index in [9.17, 15) is 13.2 Å². The molecule has 0 aliphatic carbocycles. The summed E-state index contributed by atoms with van der Waals surface area (Å²) in [6.07, 6.45) is 1.92. The van der Waals surface area contributed by atoms with Crippen LogP contribution < -0.4 is 5.32 Å². The smallest absolute Gasteiger partial charge is 0.322 e. The molecular weight excluding hydrogens is 324 g/mol. The highest BCUT2D eigenvalue weighted by atomic mass is 32.2. The first-order chi connectivity index (χ1) is 10.5. The monoisotopic (exact) mass is 340 g/mol. The molecule has 0 unspecified atom stereocenters. The fraction of sp³-hybridized carbons (Fsp3) is 0.357. The lowest BCUT2D eigenvalue weighted by atomic mass is 10.4. The Balaban J connectivity index is 1.60. The zero-order valence-electron chi connectivity index (χ0n) is 11.8. The van der Waals surface area contributed by atoms with Crippen LogP contribution in [0, 0.1) is 0 Å². The summed E-state index contributed by atoms with van der Waals surface area (Å²) in [6, 6.07) is 6.72. The van der Waals surface area contributed by atoms with Crippen LogP contribution >= 0.6 is 11.3 Å². The van der Waals surface area contributed by atoms with Crippen molar-refractivity contribution in [3.8, 4) is 0 Å². The van der Waals surface area contributed by atoms with Gasteiger partial charge in [-0.3, -0.25) is 5.32 Å². The number of carbonyl (C=O) groups excluding carboxylic acids is 1. The van der Waals surface area contributed by atoms with Crippen molar-refractivity contribution in [1.29, 1.82) is 0 Å². The molecule has 0 aromatic carbocycles. The van der Waals surface area contributed by atoms with E-state index in [-0.39, 0.29) is 18.3 Å². The van der Waals surface area contributed by atoms with E-state index < -0.39 is 15.1 Å². The zero-order valence-corrected chi connectivity index (χ0v) is 13.4. The summed E-state index contributed by atoms with van der Waals surface area (Å²) in [5.74, 6) is 0.312. The molecule has 2 amide bonds. The quantitative estimate of drug-likeness (QED) is 0.927. The van der Waals surface area contributed by atoms with Crippen LogP contribution in [0.15, 0.2) is 40.3 Å². The van der Waals surface area contributed by atoms with E-state index in [1.165, 1.54) is 17.6 Å². The van der Waals surface area contributed by atoms with Crippen LogP contribution in [0.5, 0.6) is 0 Å². The Morgan fingerprint density at radius 1 is 1.41 bits per heavy atom. The highest BCUT2D eigenvalue weighted by Crippen LogP contribution is 2.22. The fourth-order valence-corrected chi connectivity index (χ4v) is 4.73. The number of anilines is 1. The molecule has 2 aromatic heterocycles. The van der Waals surface area contributed by atoms with Gasteiger partial charge in [-0.1, -0.05) is 0 Å². The predicted molar refractivity (Wildman–Crippen MR) is 84.6 cm³/mol. The minimum absolute atomic E-state index is 0.120. The van der Waals surface area contributed by atoms with E-state index in [0.29, 0.717) is 18.7 Å². The van der Waals surface area contributed by atoms with Crippen molar-refractivity contribution in [3.63, 3.8) is 0 Å². The molecule has 1 atom stereocenters. The number of thiophene rings is 1. The van der Waals surface area contributed by atoms with Gasteiger partial charge in [-0.05, 0) is 36.1 Å². The maximum atomic E-state index is 12.4. The second kappa shape index (κ2) is 6.13. The van der Waals surface area contributed by atoms with Crippen molar-refractivity contribution in [2.45, 2.75) is 17.4 Å². The Labute approximate surface area is 132 Å². The molecule has 1 N–H and O–H groups in total. The zero-order chi connectivity index (χ0) is 15.6. The van der Waals surface area contributed by atoms with Gasteiger partial charge in [0.25, 0.3) is 0 Å². The Morgan fingerprint density at radius 3 is 2.95 bits per heavy atom. The topological polar surface area (TPSA) is 79.6 Å². The molecule has 1 aliphatic heterocycles. The molecule has 1 fully saturated rings. The highest BCUT2D eigenvalue weighted by molar-refractivity contribution is 7.91. The minimum atomic E-state index is -3.32. The molecule has 6 nitrogen and oxygen atoms in total. The van der Waals surface area contributed by atoms with Gasteiger partial charge < -0.3 is 9.32 Å². The van der Waals surface area contributed by atoms with Crippen molar-refractivity contribution >= 4 is 32.2 Å². The van der Waals surface area contributed by atoms with Gasteiger partial charge >= 0.3 is 6.03 Å². The number of sulfone groups is 1. The Bertz CT molecular complexity index is 723. The Morgan fingerprint density at radius 2 is 2.27 bits per heavy atom. The van der Waals surface area contributed by atoms with Gasteiger partial charge in [0.05, 0.1) is 16.5 Å². The summed E-state index contributed by atoms with van der Waals surface area (Å²) in [7, 11) is -3.32. The number of nitrogens with one attached hydrogen (secondary N) is 1. The second-order valence-corrected chi connectivity index (χ2v) is 8.38. The normalized spacial score (nSPS) is 18.5. The lowest BCUT2D eigenvalue weighted by molar-refractivity contribution is 0.222. The molecule has 22 heavy (non-hydrogen) atoms. The Kier molecular flexibility index (Phi) is 4.21. The van der Waals surface area contributed by atoms with Crippen LogP contribution in [0.3, 0.4) is 0 Å². The van der Waals surface area contributed by atoms with Crippen molar-refractivity contribution in [2.75, 3.05) is 18.4 Å². The molecule has 1 saturated heterocycles. The number of hydrogen-bond donors (Lipinski definition) is 1. The molecule has 8 heteroatoms.